The third-order valence-corrected chi connectivity index (χ3v) is 4.05. The first-order chi connectivity index (χ1) is 10.0. The molecule has 1 aliphatic carbocycles. The summed E-state index contributed by atoms with van der Waals surface area (Å²) >= 11 is 0. The van der Waals surface area contributed by atoms with Gasteiger partial charge in [-0.1, -0.05) is 6.42 Å². The molecule has 3 nitrogen and oxygen atoms in total. The van der Waals surface area contributed by atoms with E-state index in [4.69, 9.17) is 9.47 Å². The Balaban J connectivity index is 1.66. The van der Waals surface area contributed by atoms with Gasteiger partial charge in [0.05, 0.1) is 5.92 Å². The van der Waals surface area contributed by atoms with Gasteiger partial charge in [0.25, 0.3) is 0 Å². The molecular formula is C15H18F3NO2. The standard InChI is InChI=1S/C15H18F3NO2/c16-15(17,18)10-2-1-3-11(8-10)19-12-4-5-13-14(9-12)21-7-6-20-13/h4-5,9-11,19H,1-3,6-8H2. The zero-order chi connectivity index (χ0) is 14.9. The third kappa shape index (κ3) is 3.36. The fourth-order valence-electron chi connectivity index (χ4n) is 2.99. The van der Waals surface area contributed by atoms with Gasteiger partial charge in [-0.05, 0) is 31.4 Å². The topological polar surface area (TPSA) is 30.5 Å². The quantitative estimate of drug-likeness (QED) is 0.896. The van der Waals surface area contributed by atoms with Gasteiger partial charge in [0.15, 0.2) is 11.5 Å². The highest BCUT2D eigenvalue weighted by Gasteiger charge is 2.42. The lowest BCUT2D eigenvalue weighted by Gasteiger charge is -2.31. The zero-order valence-electron chi connectivity index (χ0n) is 11.6. The number of rotatable bonds is 2. The molecule has 0 aromatic heterocycles. The van der Waals surface area contributed by atoms with Gasteiger partial charge in [0, 0.05) is 17.8 Å². The highest BCUT2D eigenvalue weighted by Crippen LogP contribution is 2.39. The van der Waals surface area contributed by atoms with Crippen molar-refractivity contribution in [2.24, 2.45) is 5.92 Å². The van der Waals surface area contributed by atoms with Crippen LogP contribution >= 0.6 is 0 Å². The number of hydrogen-bond donors (Lipinski definition) is 1. The maximum Gasteiger partial charge on any atom is 0.391 e. The summed E-state index contributed by atoms with van der Waals surface area (Å²) in [6, 6.07) is 5.27. The molecule has 1 saturated carbocycles. The van der Waals surface area contributed by atoms with Crippen LogP contribution in [0, 0.1) is 5.92 Å². The number of benzene rings is 1. The fraction of sp³-hybridized carbons (Fsp3) is 0.600. The molecule has 1 fully saturated rings. The first-order valence-electron chi connectivity index (χ1n) is 7.25. The number of alkyl halides is 3. The van der Waals surface area contributed by atoms with E-state index in [9.17, 15) is 13.2 Å². The molecule has 0 amide bonds. The molecule has 1 heterocycles. The Morgan fingerprint density at radius 2 is 1.81 bits per heavy atom. The van der Waals surface area contributed by atoms with Crippen molar-refractivity contribution in [3.05, 3.63) is 18.2 Å². The largest absolute Gasteiger partial charge is 0.486 e. The van der Waals surface area contributed by atoms with Crippen molar-refractivity contribution >= 4 is 5.69 Å². The Bertz CT molecular complexity index is 504. The van der Waals surface area contributed by atoms with Crippen LogP contribution < -0.4 is 14.8 Å². The summed E-state index contributed by atoms with van der Waals surface area (Å²) < 4.78 is 49.4. The summed E-state index contributed by atoms with van der Waals surface area (Å²) in [7, 11) is 0. The number of fused-ring (bicyclic) bond motifs is 1. The van der Waals surface area contributed by atoms with Gasteiger partial charge in [0.1, 0.15) is 13.2 Å². The summed E-state index contributed by atoms with van der Waals surface area (Å²) in [6.45, 7) is 1.02. The van der Waals surface area contributed by atoms with Crippen molar-refractivity contribution in [1.29, 1.82) is 0 Å². The summed E-state index contributed by atoms with van der Waals surface area (Å²) in [5.41, 5.74) is 0.784. The summed E-state index contributed by atoms with van der Waals surface area (Å²) in [5.74, 6) is 0.138. The van der Waals surface area contributed by atoms with Crippen molar-refractivity contribution in [2.45, 2.75) is 37.9 Å². The first-order valence-corrected chi connectivity index (χ1v) is 7.25. The van der Waals surface area contributed by atoms with E-state index in [1.54, 1.807) is 12.1 Å². The molecule has 0 spiro atoms. The number of anilines is 1. The van der Waals surface area contributed by atoms with Gasteiger partial charge in [-0.25, -0.2) is 0 Å². The van der Waals surface area contributed by atoms with Crippen LogP contribution in [0.1, 0.15) is 25.7 Å². The lowest BCUT2D eigenvalue weighted by Crippen LogP contribution is -2.34. The van der Waals surface area contributed by atoms with Crippen molar-refractivity contribution in [2.75, 3.05) is 18.5 Å². The zero-order valence-corrected chi connectivity index (χ0v) is 11.6. The molecular weight excluding hydrogens is 283 g/mol. The molecule has 6 heteroatoms. The average molecular weight is 301 g/mol. The normalized spacial score (nSPS) is 25.5. The van der Waals surface area contributed by atoms with Gasteiger partial charge in [-0.3, -0.25) is 0 Å². The number of halogens is 3. The van der Waals surface area contributed by atoms with E-state index in [0.29, 0.717) is 31.1 Å². The Morgan fingerprint density at radius 3 is 2.57 bits per heavy atom. The number of nitrogens with one attached hydrogen (secondary N) is 1. The van der Waals surface area contributed by atoms with E-state index in [1.165, 1.54) is 0 Å². The minimum atomic E-state index is -4.09. The van der Waals surface area contributed by atoms with Gasteiger partial charge < -0.3 is 14.8 Å². The smallest absolute Gasteiger partial charge is 0.391 e. The second-order valence-electron chi connectivity index (χ2n) is 5.60. The van der Waals surface area contributed by atoms with Crippen LogP contribution in [0.4, 0.5) is 18.9 Å². The van der Waals surface area contributed by atoms with E-state index < -0.39 is 12.1 Å². The molecule has 1 aromatic carbocycles. The van der Waals surface area contributed by atoms with E-state index >= 15 is 0 Å². The van der Waals surface area contributed by atoms with Gasteiger partial charge in [0.2, 0.25) is 0 Å². The van der Waals surface area contributed by atoms with Crippen LogP contribution in [-0.2, 0) is 0 Å². The Labute approximate surface area is 121 Å². The first kappa shape index (κ1) is 14.4. The molecule has 1 aromatic rings. The second-order valence-corrected chi connectivity index (χ2v) is 5.60. The van der Waals surface area contributed by atoms with Crippen LogP contribution in [-0.4, -0.2) is 25.4 Å². The van der Waals surface area contributed by atoms with Crippen LogP contribution in [0.15, 0.2) is 18.2 Å². The van der Waals surface area contributed by atoms with E-state index in [-0.39, 0.29) is 18.9 Å². The van der Waals surface area contributed by atoms with Crippen LogP contribution in [0.3, 0.4) is 0 Å². The number of ether oxygens (including phenoxy) is 2. The third-order valence-electron chi connectivity index (χ3n) is 4.05. The average Bonchev–Trinajstić information content (AvgIpc) is 2.46. The molecule has 2 aliphatic rings. The molecule has 3 rings (SSSR count). The van der Waals surface area contributed by atoms with Gasteiger partial charge in [-0.2, -0.15) is 13.2 Å². The van der Waals surface area contributed by atoms with E-state index in [1.807, 2.05) is 6.07 Å². The van der Waals surface area contributed by atoms with Crippen molar-refractivity contribution in [3.8, 4) is 11.5 Å². The maximum absolute atomic E-state index is 12.8. The Hall–Kier alpha value is -1.59. The van der Waals surface area contributed by atoms with Crippen LogP contribution in [0.25, 0.3) is 0 Å². The number of hydrogen-bond acceptors (Lipinski definition) is 3. The predicted octanol–water partition coefficient (Wildman–Crippen LogP) is 3.99. The predicted molar refractivity (Wildman–Crippen MR) is 72.9 cm³/mol. The summed E-state index contributed by atoms with van der Waals surface area (Å²) in [6.07, 6.45) is -2.35. The lowest BCUT2D eigenvalue weighted by atomic mass is 9.85. The van der Waals surface area contributed by atoms with Crippen molar-refractivity contribution < 1.29 is 22.6 Å². The summed E-state index contributed by atoms with van der Waals surface area (Å²) in [5, 5.41) is 3.20. The van der Waals surface area contributed by atoms with Gasteiger partial charge >= 0.3 is 6.18 Å². The molecule has 116 valence electrons. The molecule has 2 unspecified atom stereocenters. The molecule has 1 N–H and O–H groups in total. The molecule has 0 saturated heterocycles. The molecule has 2 atom stereocenters. The van der Waals surface area contributed by atoms with Crippen molar-refractivity contribution in [3.63, 3.8) is 0 Å². The van der Waals surface area contributed by atoms with E-state index in [0.717, 1.165) is 12.1 Å². The lowest BCUT2D eigenvalue weighted by molar-refractivity contribution is -0.182. The van der Waals surface area contributed by atoms with Crippen LogP contribution in [0.2, 0.25) is 0 Å². The molecule has 1 aliphatic heterocycles. The Kier molecular flexibility index (Phi) is 3.87. The summed E-state index contributed by atoms with van der Waals surface area (Å²) in [4.78, 5) is 0. The minimum Gasteiger partial charge on any atom is -0.486 e. The van der Waals surface area contributed by atoms with Crippen molar-refractivity contribution in [1.82, 2.24) is 0 Å². The monoisotopic (exact) mass is 301 g/mol. The van der Waals surface area contributed by atoms with Crippen LogP contribution in [0.5, 0.6) is 11.5 Å². The fourth-order valence-corrected chi connectivity index (χ4v) is 2.99. The molecule has 0 radical (unpaired) electrons. The SMILES string of the molecule is FC(F)(F)C1CCCC(Nc2ccc3c(c2)OCCO3)C1. The maximum atomic E-state index is 12.8. The minimum absolute atomic E-state index is 0.137. The second kappa shape index (κ2) is 5.66. The Morgan fingerprint density at radius 1 is 1.05 bits per heavy atom. The van der Waals surface area contributed by atoms with Gasteiger partial charge in [-0.15, -0.1) is 0 Å². The highest BCUT2D eigenvalue weighted by molar-refractivity contribution is 5.55. The van der Waals surface area contributed by atoms with E-state index in [2.05, 4.69) is 5.32 Å². The molecule has 21 heavy (non-hydrogen) atoms. The highest BCUT2D eigenvalue weighted by atomic mass is 19.4. The molecule has 0 bridgehead atoms.